The van der Waals surface area contributed by atoms with Gasteiger partial charge in [0.25, 0.3) is 0 Å². The Morgan fingerprint density at radius 1 is 1.29 bits per heavy atom. The highest BCUT2D eigenvalue weighted by molar-refractivity contribution is 6.33. The second-order valence-electron chi connectivity index (χ2n) is 5.24. The van der Waals surface area contributed by atoms with Crippen molar-refractivity contribution in [3.8, 4) is 0 Å². The number of hydrogen-bond acceptors (Lipinski definition) is 3. The van der Waals surface area contributed by atoms with Crippen molar-refractivity contribution < 1.29 is 14.3 Å². The molecule has 2 rings (SSSR count). The van der Waals surface area contributed by atoms with Crippen LogP contribution in [-0.2, 0) is 9.53 Å². The van der Waals surface area contributed by atoms with Gasteiger partial charge < -0.3 is 10.1 Å². The molecule has 0 aliphatic heterocycles. The van der Waals surface area contributed by atoms with Crippen molar-refractivity contribution in [2.24, 2.45) is 5.92 Å². The number of nitrogens with one attached hydrogen (secondary N) is 1. The molecule has 114 valence electrons. The van der Waals surface area contributed by atoms with Crippen LogP contribution in [0.3, 0.4) is 0 Å². The molecule has 0 saturated heterocycles. The van der Waals surface area contributed by atoms with Gasteiger partial charge >= 0.3 is 5.97 Å². The van der Waals surface area contributed by atoms with E-state index in [1.807, 2.05) is 0 Å². The van der Waals surface area contributed by atoms with Gasteiger partial charge in [0.2, 0.25) is 5.91 Å². The first kappa shape index (κ1) is 15.8. The molecular weight excluding hydrogens is 290 g/mol. The van der Waals surface area contributed by atoms with Gasteiger partial charge in [-0.25, -0.2) is 4.79 Å². The quantitative estimate of drug-likeness (QED) is 0.854. The van der Waals surface area contributed by atoms with Crippen molar-refractivity contribution in [1.29, 1.82) is 0 Å². The second kappa shape index (κ2) is 7.46. The third-order valence-electron chi connectivity index (χ3n) is 3.71. The first-order chi connectivity index (χ1) is 10.1. The van der Waals surface area contributed by atoms with E-state index in [0.717, 1.165) is 25.7 Å². The molecule has 1 amide bonds. The molecule has 1 aliphatic carbocycles. The number of esters is 1. The largest absolute Gasteiger partial charge is 0.462 e. The van der Waals surface area contributed by atoms with Gasteiger partial charge in [0.05, 0.1) is 22.9 Å². The fraction of sp³-hybridized carbons (Fsp3) is 0.500. The van der Waals surface area contributed by atoms with Gasteiger partial charge in [-0.2, -0.15) is 0 Å². The molecule has 1 aromatic rings. The summed E-state index contributed by atoms with van der Waals surface area (Å²) in [6.07, 6.45) is 5.22. The smallest absolute Gasteiger partial charge is 0.338 e. The van der Waals surface area contributed by atoms with Crippen molar-refractivity contribution in [3.63, 3.8) is 0 Å². The lowest BCUT2D eigenvalue weighted by atomic mass is 9.88. The zero-order chi connectivity index (χ0) is 15.2. The molecule has 21 heavy (non-hydrogen) atoms. The predicted octanol–water partition coefficient (Wildman–Crippen LogP) is 4.04. The lowest BCUT2D eigenvalue weighted by Gasteiger charge is -2.21. The molecule has 0 radical (unpaired) electrons. The Kier molecular flexibility index (Phi) is 5.62. The Morgan fingerprint density at radius 3 is 2.67 bits per heavy atom. The molecule has 1 aromatic carbocycles. The Bertz CT molecular complexity index is 524. The summed E-state index contributed by atoms with van der Waals surface area (Å²) in [6, 6.07) is 4.77. The van der Waals surface area contributed by atoms with Crippen molar-refractivity contribution in [3.05, 3.63) is 28.8 Å². The molecule has 0 atom stereocenters. The van der Waals surface area contributed by atoms with Crippen LogP contribution < -0.4 is 5.32 Å². The van der Waals surface area contributed by atoms with Crippen LogP contribution in [0.2, 0.25) is 5.02 Å². The minimum Gasteiger partial charge on any atom is -0.462 e. The van der Waals surface area contributed by atoms with E-state index < -0.39 is 5.97 Å². The summed E-state index contributed by atoms with van der Waals surface area (Å²) in [7, 11) is 0. The summed E-state index contributed by atoms with van der Waals surface area (Å²) in [5, 5.41) is 3.26. The molecular formula is C16H20ClNO3. The highest BCUT2D eigenvalue weighted by Crippen LogP contribution is 2.28. The lowest BCUT2D eigenvalue weighted by Crippen LogP contribution is -2.25. The molecule has 0 unspecified atom stereocenters. The number of carbonyl (C=O) groups excluding carboxylic acids is 2. The number of hydrogen-bond donors (Lipinski definition) is 1. The van der Waals surface area contributed by atoms with Gasteiger partial charge in [-0.15, -0.1) is 0 Å². The van der Waals surface area contributed by atoms with Crippen LogP contribution >= 0.6 is 11.6 Å². The van der Waals surface area contributed by atoms with E-state index in [1.165, 1.54) is 6.42 Å². The van der Waals surface area contributed by atoms with Gasteiger partial charge in [-0.05, 0) is 38.0 Å². The van der Waals surface area contributed by atoms with E-state index in [0.29, 0.717) is 22.9 Å². The SMILES string of the molecule is CCOC(=O)c1ccc(Cl)c(NC(=O)C2CCCCC2)c1. The van der Waals surface area contributed by atoms with Crippen LogP contribution in [-0.4, -0.2) is 18.5 Å². The molecule has 1 fully saturated rings. The van der Waals surface area contributed by atoms with Crippen LogP contribution in [0.5, 0.6) is 0 Å². The number of halogens is 1. The molecule has 1 saturated carbocycles. The van der Waals surface area contributed by atoms with Crippen molar-refractivity contribution in [2.75, 3.05) is 11.9 Å². The number of amides is 1. The molecule has 5 heteroatoms. The standard InChI is InChI=1S/C16H20ClNO3/c1-2-21-16(20)12-8-9-13(17)14(10-12)18-15(19)11-6-4-3-5-7-11/h8-11H,2-7H2,1H3,(H,18,19). The van der Waals surface area contributed by atoms with Crippen molar-refractivity contribution in [2.45, 2.75) is 39.0 Å². The normalized spacial score (nSPS) is 15.5. The van der Waals surface area contributed by atoms with Gasteiger partial charge in [0.1, 0.15) is 0 Å². The summed E-state index contributed by atoms with van der Waals surface area (Å²) in [5.74, 6) is -0.388. The molecule has 0 spiro atoms. The Balaban J connectivity index is 2.09. The third-order valence-corrected chi connectivity index (χ3v) is 4.04. The Labute approximate surface area is 129 Å². The monoisotopic (exact) mass is 309 g/mol. The maximum Gasteiger partial charge on any atom is 0.338 e. The van der Waals surface area contributed by atoms with Crippen LogP contribution in [0.25, 0.3) is 0 Å². The Morgan fingerprint density at radius 2 is 2.00 bits per heavy atom. The average molecular weight is 310 g/mol. The van der Waals surface area contributed by atoms with Gasteiger partial charge in [-0.3, -0.25) is 4.79 Å². The number of rotatable bonds is 4. The number of ether oxygens (including phenoxy) is 1. The van der Waals surface area contributed by atoms with Crippen molar-refractivity contribution in [1.82, 2.24) is 0 Å². The van der Waals surface area contributed by atoms with E-state index in [9.17, 15) is 9.59 Å². The topological polar surface area (TPSA) is 55.4 Å². The minimum atomic E-state index is -0.415. The predicted molar refractivity (Wildman–Crippen MR) is 82.6 cm³/mol. The summed E-state index contributed by atoms with van der Waals surface area (Å²) in [4.78, 5) is 24.0. The first-order valence-corrected chi connectivity index (χ1v) is 7.77. The van der Waals surface area contributed by atoms with Crippen LogP contribution in [0.15, 0.2) is 18.2 Å². The minimum absolute atomic E-state index is 0.0161. The van der Waals surface area contributed by atoms with Gasteiger partial charge in [0.15, 0.2) is 0 Å². The number of benzene rings is 1. The first-order valence-electron chi connectivity index (χ1n) is 7.39. The summed E-state index contributed by atoms with van der Waals surface area (Å²) < 4.78 is 4.95. The van der Waals surface area contributed by atoms with Gasteiger partial charge in [0, 0.05) is 5.92 Å². The average Bonchev–Trinajstić information content (AvgIpc) is 2.50. The van der Waals surface area contributed by atoms with E-state index in [1.54, 1.807) is 25.1 Å². The highest BCUT2D eigenvalue weighted by Gasteiger charge is 2.22. The molecule has 1 N–H and O–H groups in total. The lowest BCUT2D eigenvalue weighted by molar-refractivity contribution is -0.120. The van der Waals surface area contributed by atoms with Crippen LogP contribution in [0, 0.1) is 5.92 Å². The maximum absolute atomic E-state index is 12.2. The van der Waals surface area contributed by atoms with Crippen LogP contribution in [0.1, 0.15) is 49.4 Å². The summed E-state index contributed by atoms with van der Waals surface area (Å²) >= 11 is 6.09. The highest BCUT2D eigenvalue weighted by atomic mass is 35.5. The van der Waals surface area contributed by atoms with E-state index >= 15 is 0 Å². The van der Waals surface area contributed by atoms with Crippen molar-refractivity contribution >= 4 is 29.2 Å². The fourth-order valence-corrected chi connectivity index (χ4v) is 2.73. The third kappa shape index (κ3) is 4.21. The zero-order valence-electron chi connectivity index (χ0n) is 12.2. The molecule has 0 heterocycles. The molecule has 4 nitrogen and oxygen atoms in total. The fourth-order valence-electron chi connectivity index (χ4n) is 2.56. The maximum atomic E-state index is 12.2. The van der Waals surface area contributed by atoms with E-state index in [4.69, 9.17) is 16.3 Å². The van der Waals surface area contributed by atoms with Crippen LogP contribution in [0.4, 0.5) is 5.69 Å². The Hall–Kier alpha value is -1.55. The summed E-state index contributed by atoms with van der Waals surface area (Å²) in [5.41, 5.74) is 0.859. The van der Waals surface area contributed by atoms with E-state index in [-0.39, 0.29) is 11.8 Å². The second-order valence-corrected chi connectivity index (χ2v) is 5.65. The number of anilines is 1. The summed E-state index contributed by atoms with van der Waals surface area (Å²) in [6.45, 7) is 2.06. The zero-order valence-corrected chi connectivity index (χ0v) is 12.9. The molecule has 1 aliphatic rings. The van der Waals surface area contributed by atoms with E-state index in [2.05, 4.69) is 5.32 Å². The van der Waals surface area contributed by atoms with Gasteiger partial charge in [-0.1, -0.05) is 30.9 Å². The molecule has 0 bridgehead atoms. The number of carbonyl (C=O) groups is 2. The molecule has 0 aromatic heterocycles.